The van der Waals surface area contributed by atoms with E-state index in [1.165, 1.54) is 70.6 Å². The lowest BCUT2D eigenvalue weighted by Gasteiger charge is -2.73. The maximum absolute atomic E-state index is 13.2. The Bertz CT molecular complexity index is 983. The van der Waals surface area contributed by atoms with Crippen LogP contribution in [0, 0.1) is 68.0 Å². The van der Waals surface area contributed by atoms with Gasteiger partial charge in [-0.15, -0.1) is 0 Å². The zero-order valence-corrected chi connectivity index (χ0v) is 24.9. The number of fused-ring (bicyclic) bond motifs is 7. The van der Waals surface area contributed by atoms with E-state index < -0.39 is 5.92 Å². The van der Waals surface area contributed by atoms with Crippen molar-refractivity contribution in [3.63, 3.8) is 0 Å². The number of rotatable bonds is 4. The van der Waals surface area contributed by atoms with Crippen LogP contribution in [0.4, 0.5) is 0 Å². The number of nitriles is 1. The van der Waals surface area contributed by atoms with E-state index in [1.807, 2.05) is 0 Å². The molecule has 0 radical (unpaired) electrons. The molecular weight excluding hydrogens is 470 g/mol. The molecule has 0 bridgehead atoms. The number of Topliss-reactive ketones (excluding diaryl/α,β-unsaturated/α-hetero) is 1. The fraction of sp³-hybridized carbons (Fsp3) is 0.941. The summed E-state index contributed by atoms with van der Waals surface area (Å²) < 4.78 is 12.6. The number of hydrogen-bond acceptors (Lipinski definition) is 4. The molecular formula is C34H53NO3. The summed E-state index contributed by atoms with van der Waals surface area (Å²) in [6.45, 7) is 14.0. The van der Waals surface area contributed by atoms with Crippen LogP contribution in [0.2, 0.25) is 0 Å². The van der Waals surface area contributed by atoms with Gasteiger partial charge in [0.05, 0.1) is 12.7 Å². The first kappa shape index (κ1) is 27.3. The molecule has 5 saturated carbocycles. The summed E-state index contributed by atoms with van der Waals surface area (Å²) in [5.74, 6) is 1.89. The lowest BCUT2D eigenvalue weighted by molar-refractivity contribution is -0.253. The molecule has 6 aliphatic rings. The summed E-state index contributed by atoms with van der Waals surface area (Å²) in [5, 5.41) is 9.98. The molecule has 1 aliphatic heterocycles. The van der Waals surface area contributed by atoms with Gasteiger partial charge in [0.15, 0.2) is 12.1 Å². The minimum absolute atomic E-state index is 0.00739. The number of carbonyl (C=O) groups excluding carboxylic acids is 1. The molecule has 11 atom stereocenters. The van der Waals surface area contributed by atoms with Crippen molar-refractivity contribution >= 4 is 5.78 Å². The molecule has 0 aromatic carbocycles. The van der Waals surface area contributed by atoms with Crippen molar-refractivity contribution in [2.45, 2.75) is 131 Å². The van der Waals surface area contributed by atoms with Crippen LogP contribution in [0.1, 0.15) is 125 Å². The molecule has 4 nitrogen and oxygen atoms in total. The topological polar surface area (TPSA) is 59.3 Å². The molecule has 0 amide bonds. The molecule has 1 heterocycles. The van der Waals surface area contributed by atoms with Crippen LogP contribution in [0.15, 0.2) is 0 Å². The average Bonchev–Trinajstić information content (AvgIpc) is 3.37. The van der Waals surface area contributed by atoms with Gasteiger partial charge in [0, 0.05) is 12.5 Å². The Balaban J connectivity index is 1.31. The standard InChI is InChI=1S/C34H53NO3/c1-6-34-16-13-25-30(3,17-18-31(4)23(2)29(36)24(21-35)20-32(25,31)5)26(34)12-15-33(14-9-10-27(33)34)22-38-28-11-7-8-19-37-28/h23-28H,6-20,22H2,1-5H3. The van der Waals surface area contributed by atoms with Gasteiger partial charge >= 0.3 is 0 Å². The zero-order chi connectivity index (χ0) is 27.0. The van der Waals surface area contributed by atoms with Crippen molar-refractivity contribution in [2.24, 2.45) is 56.7 Å². The van der Waals surface area contributed by atoms with Crippen molar-refractivity contribution in [3.05, 3.63) is 0 Å². The number of ether oxygens (including phenoxy) is 2. The molecule has 0 aromatic rings. The second-order valence-electron chi connectivity index (χ2n) is 15.5. The predicted molar refractivity (Wildman–Crippen MR) is 149 cm³/mol. The first-order chi connectivity index (χ1) is 18.1. The van der Waals surface area contributed by atoms with Crippen LogP contribution in [-0.4, -0.2) is 25.3 Å². The third-order valence-corrected chi connectivity index (χ3v) is 14.8. The fourth-order valence-electron chi connectivity index (χ4n) is 12.6. The van der Waals surface area contributed by atoms with E-state index in [4.69, 9.17) is 9.47 Å². The molecule has 0 N–H and O–H groups in total. The average molecular weight is 524 g/mol. The van der Waals surface area contributed by atoms with Gasteiger partial charge in [-0.1, -0.05) is 41.0 Å². The minimum atomic E-state index is -0.420. The van der Waals surface area contributed by atoms with E-state index in [-0.39, 0.29) is 28.8 Å². The summed E-state index contributed by atoms with van der Waals surface area (Å²) in [6, 6.07) is 2.45. The Labute approximate surface area is 232 Å². The highest BCUT2D eigenvalue weighted by Gasteiger charge is 2.71. The quantitative estimate of drug-likeness (QED) is 0.373. The number of carbonyl (C=O) groups is 1. The Morgan fingerprint density at radius 1 is 0.921 bits per heavy atom. The minimum Gasteiger partial charge on any atom is -0.353 e. The van der Waals surface area contributed by atoms with Crippen LogP contribution < -0.4 is 0 Å². The molecule has 5 aliphatic carbocycles. The van der Waals surface area contributed by atoms with Gasteiger partial charge in [0.25, 0.3) is 0 Å². The Morgan fingerprint density at radius 3 is 2.42 bits per heavy atom. The van der Waals surface area contributed by atoms with Gasteiger partial charge in [0.1, 0.15) is 5.92 Å². The van der Waals surface area contributed by atoms with E-state index in [1.54, 1.807) is 0 Å². The second-order valence-corrected chi connectivity index (χ2v) is 15.5. The zero-order valence-electron chi connectivity index (χ0n) is 24.9. The summed E-state index contributed by atoms with van der Waals surface area (Å²) in [5.41, 5.74) is 1.10. The second kappa shape index (κ2) is 9.30. The van der Waals surface area contributed by atoms with Crippen LogP contribution >= 0.6 is 0 Å². The van der Waals surface area contributed by atoms with Crippen molar-refractivity contribution < 1.29 is 14.3 Å². The third kappa shape index (κ3) is 3.49. The van der Waals surface area contributed by atoms with E-state index in [0.717, 1.165) is 44.3 Å². The molecule has 0 aromatic heterocycles. The summed E-state index contributed by atoms with van der Waals surface area (Å²) in [4.78, 5) is 13.2. The highest BCUT2D eigenvalue weighted by molar-refractivity contribution is 5.87. The van der Waals surface area contributed by atoms with Crippen LogP contribution in [-0.2, 0) is 14.3 Å². The van der Waals surface area contributed by atoms with Crippen LogP contribution in [0.5, 0.6) is 0 Å². The molecule has 1 saturated heterocycles. The summed E-state index contributed by atoms with van der Waals surface area (Å²) in [7, 11) is 0. The van der Waals surface area contributed by atoms with Gasteiger partial charge in [-0.25, -0.2) is 0 Å². The Kier molecular flexibility index (Phi) is 6.67. The first-order valence-corrected chi connectivity index (χ1v) is 16.3. The maximum Gasteiger partial charge on any atom is 0.157 e. The van der Waals surface area contributed by atoms with E-state index in [2.05, 4.69) is 40.7 Å². The van der Waals surface area contributed by atoms with Crippen molar-refractivity contribution in [1.82, 2.24) is 0 Å². The largest absolute Gasteiger partial charge is 0.353 e. The van der Waals surface area contributed by atoms with Gasteiger partial charge in [-0.3, -0.25) is 4.79 Å². The number of ketones is 1. The third-order valence-electron chi connectivity index (χ3n) is 14.8. The van der Waals surface area contributed by atoms with Crippen molar-refractivity contribution in [3.8, 4) is 6.07 Å². The molecule has 6 fully saturated rings. The SMILES string of the molecule is CCC12CCC3C(C)(CCC4(C)C(C)C(=O)C(C#N)CC34C)C1CCC1(COC3CCCCO3)CCCC12. The van der Waals surface area contributed by atoms with E-state index in [0.29, 0.717) is 22.2 Å². The maximum atomic E-state index is 13.2. The highest BCUT2D eigenvalue weighted by Crippen LogP contribution is 2.78. The van der Waals surface area contributed by atoms with Gasteiger partial charge in [0.2, 0.25) is 0 Å². The number of hydrogen-bond donors (Lipinski definition) is 0. The predicted octanol–water partition coefficient (Wildman–Crippen LogP) is 8.09. The Morgan fingerprint density at radius 2 is 1.71 bits per heavy atom. The summed E-state index contributed by atoms with van der Waals surface area (Å²) >= 11 is 0. The van der Waals surface area contributed by atoms with Crippen LogP contribution in [0.25, 0.3) is 0 Å². The van der Waals surface area contributed by atoms with E-state index >= 15 is 0 Å². The van der Waals surface area contributed by atoms with Crippen molar-refractivity contribution in [1.29, 1.82) is 5.26 Å². The van der Waals surface area contributed by atoms with Gasteiger partial charge in [-0.2, -0.15) is 5.26 Å². The summed E-state index contributed by atoms with van der Waals surface area (Å²) in [6.07, 6.45) is 17.2. The Hall–Kier alpha value is -0.920. The normalized spacial score (nSPS) is 54.3. The lowest BCUT2D eigenvalue weighted by atomic mass is 9.31. The molecule has 11 unspecified atom stereocenters. The van der Waals surface area contributed by atoms with E-state index in [9.17, 15) is 10.1 Å². The molecule has 38 heavy (non-hydrogen) atoms. The number of nitrogens with zero attached hydrogens (tertiary/aromatic N) is 1. The molecule has 6 rings (SSSR count). The molecule has 0 spiro atoms. The monoisotopic (exact) mass is 523 g/mol. The fourth-order valence-corrected chi connectivity index (χ4v) is 12.6. The molecule has 4 heteroatoms. The van der Waals surface area contributed by atoms with Gasteiger partial charge in [-0.05, 0) is 128 Å². The smallest absolute Gasteiger partial charge is 0.157 e. The van der Waals surface area contributed by atoms with Crippen molar-refractivity contribution in [2.75, 3.05) is 13.2 Å². The van der Waals surface area contributed by atoms with Crippen LogP contribution in [0.3, 0.4) is 0 Å². The van der Waals surface area contributed by atoms with Gasteiger partial charge < -0.3 is 9.47 Å². The first-order valence-electron chi connectivity index (χ1n) is 16.3. The highest BCUT2D eigenvalue weighted by atomic mass is 16.7. The lowest BCUT2D eigenvalue weighted by Crippen LogP contribution is -2.67. The molecule has 212 valence electrons.